The smallest absolute Gasteiger partial charge is 0.362 e. The van der Waals surface area contributed by atoms with E-state index < -0.39 is 53.4 Å². The normalized spacial score (nSPS) is 25.2. The Kier molecular flexibility index (Phi) is 6.73. The number of aliphatic hydroxyl groups is 2. The van der Waals surface area contributed by atoms with Crippen molar-refractivity contribution in [2.75, 3.05) is 12.3 Å². The van der Waals surface area contributed by atoms with Crippen LogP contribution >= 0.6 is 0 Å². The van der Waals surface area contributed by atoms with Gasteiger partial charge in [-0.15, -0.1) is 0 Å². The average molecular weight is 459 g/mol. The maximum absolute atomic E-state index is 12.0. The number of nitrogens with two attached hydrogens (primary N) is 2. The van der Waals surface area contributed by atoms with Crippen LogP contribution in [0.5, 0.6) is 0 Å². The fraction of sp³-hybridized carbons (Fsp3) is 0.625. The molecule has 2 aromatic rings. The second kappa shape index (κ2) is 8.97. The van der Waals surface area contributed by atoms with Gasteiger partial charge < -0.3 is 26.4 Å². The molecule has 1 saturated heterocycles. The second-order valence-electron chi connectivity index (χ2n) is 7.57. The van der Waals surface area contributed by atoms with Gasteiger partial charge in [0.1, 0.15) is 30.2 Å². The molecule has 3 rings (SSSR count). The number of amides is 1. The highest BCUT2D eigenvalue weighted by Gasteiger charge is 2.45. The standard InChI is InChI=1S/C16H25N7O7S/c1-7(2)3-8(17)15(26)22-31(27,28)29-4-9-11(24)12(25)16(30-9)23-6-21-10-13(18)19-5-20-14(10)23/h5-9,11-12,16,24-25H,3-4,17H2,1-2H3,(H,22,26)(H2,18,19,20). The fourth-order valence-corrected chi connectivity index (χ4v) is 3.92. The minimum absolute atomic E-state index is 0.0877. The molecule has 7 N–H and O–H groups in total. The van der Waals surface area contributed by atoms with E-state index >= 15 is 0 Å². The van der Waals surface area contributed by atoms with Gasteiger partial charge in [-0.3, -0.25) is 13.5 Å². The number of fused-ring (bicyclic) bond motifs is 1. The number of aliphatic hydroxyl groups excluding tert-OH is 2. The SMILES string of the molecule is CC(C)CC(N)C(=O)NS(=O)(=O)OCC1OC(n2cnc3c(N)ncnc32)C(O)C1O. The van der Waals surface area contributed by atoms with Crippen LogP contribution in [0, 0.1) is 5.92 Å². The van der Waals surface area contributed by atoms with E-state index in [1.807, 2.05) is 13.8 Å². The highest BCUT2D eigenvalue weighted by Crippen LogP contribution is 2.32. The number of ether oxygens (including phenoxy) is 1. The first-order valence-corrected chi connectivity index (χ1v) is 10.8. The van der Waals surface area contributed by atoms with Crippen molar-refractivity contribution in [1.29, 1.82) is 0 Å². The van der Waals surface area contributed by atoms with E-state index in [4.69, 9.17) is 20.4 Å². The van der Waals surface area contributed by atoms with Crippen LogP contribution in [0.3, 0.4) is 0 Å². The van der Waals surface area contributed by atoms with Gasteiger partial charge in [-0.2, -0.15) is 8.42 Å². The quantitative estimate of drug-likeness (QED) is 0.283. The van der Waals surface area contributed by atoms with Crippen molar-refractivity contribution in [1.82, 2.24) is 24.2 Å². The molecule has 1 aliphatic rings. The molecule has 2 aromatic heterocycles. The van der Waals surface area contributed by atoms with Crippen molar-refractivity contribution >= 4 is 33.2 Å². The molecule has 31 heavy (non-hydrogen) atoms. The number of aromatic nitrogens is 4. The van der Waals surface area contributed by atoms with Crippen LogP contribution in [-0.4, -0.2) is 75.0 Å². The Labute approximate surface area is 177 Å². The third-order valence-electron chi connectivity index (χ3n) is 4.67. The molecule has 5 atom stereocenters. The van der Waals surface area contributed by atoms with Crippen molar-refractivity contribution in [2.45, 2.75) is 50.8 Å². The first-order chi connectivity index (χ1) is 14.5. The van der Waals surface area contributed by atoms with Crippen molar-refractivity contribution < 1.29 is 32.3 Å². The molecule has 15 heteroatoms. The molecule has 0 radical (unpaired) electrons. The first-order valence-electron chi connectivity index (χ1n) is 9.41. The van der Waals surface area contributed by atoms with E-state index in [-0.39, 0.29) is 29.3 Å². The Bertz CT molecular complexity index is 1040. The van der Waals surface area contributed by atoms with Crippen LogP contribution in [0.15, 0.2) is 12.7 Å². The van der Waals surface area contributed by atoms with E-state index in [1.54, 1.807) is 4.72 Å². The van der Waals surface area contributed by atoms with E-state index in [2.05, 4.69) is 15.0 Å². The Hall–Kier alpha value is -2.43. The Balaban J connectivity index is 1.65. The van der Waals surface area contributed by atoms with Crippen LogP contribution in [-0.2, 0) is 24.0 Å². The van der Waals surface area contributed by atoms with Gasteiger partial charge in [-0.25, -0.2) is 19.7 Å². The molecule has 14 nitrogen and oxygen atoms in total. The molecule has 1 aliphatic heterocycles. The zero-order chi connectivity index (χ0) is 22.9. The zero-order valence-corrected chi connectivity index (χ0v) is 17.6. The van der Waals surface area contributed by atoms with E-state index in [0.29, 0.717) is 0 Å². The second-order valence-corrected chi connectivity index (χ2v) is 8.92. The van der Waals surface area contributed by atoms with E-state index in [0.717, 1.165) is 0 Å². The number of carbonyl (C=O) groups is 1. The van der Waals surface area contributed by atoms with E-state index in [9.17, 15) is 23.4 Å². The lowest BCUT2D eigenvalue weighted by molar-refractivity contribution is -0.121. The lowest BCUT2D eigenvalue weighted by Crippen LogP contribution is -2.45. The van der Waals surface area contributed by atoms with Gasteiger partial charge >= 0.3 is 10.3 Å². The molecular weight excluding hydrogens is 434 g/mol. The minimum Gasteiger partial charge on any atom is -0.387 e. The number of anilines is 1. The highest BCUT2D eigenvalue weighted by atomic mass is 32.2. The molecule has 1 amide bonds. The van der Waals surface area contributed by atoms with Gasteiger partial charge in [0.05, 0.1) is 19.0 Å². The topological polar surface area (TPSA) is 218 Å². The first kappa shape index (κ1) is 23.2. The van der Waals surface area contributed by atoms with Crippen LogP contribution in [0.2, 0.25) is 0 Å². The summed E-state index contributed by atoms with van der Waals surface area (Å²) in [6.07, 6.45) is -2.52. The summed E-state index contributed by atoms with van der Waals surface area (Å²) in [6.45, 7) is 3.01. The van der Waals surface area contributed by atoms with Crippen LogP contribution in [0.4, 0.5) is 5.82 Å². The minimum atomic E-state index is -4.51. The molecule has 0 spiro atoms. The van der Waals surface area contributed by atoms with E-state index in [1.165, 1.54) is 17.2 Å². The number of nitrogens with zero attached hydrogens (tertiary/aromatic N) is 4. The average Bonchev–Trinajstić information content (AvgIpc) is 3.22. The van der Waals surface area contributed by atoms with Gasteiger partial charge in [0.25, 0.3) is 5.91 Å². The number of nitrogens with one attached hydrogen (secondary N) is 1. The largest absolute Gasteiger partial charge is 0.387 e. The maximum Gasteiger partial charge on any atom is 0.362 e. The van der Waals surface area contributed by atoms with Crippen molar-refractivity contribution in [3.63, 3.8) is 0 Å². The summed E-state index contributed by atoms with van der Waals surface area (Å²) in [5.74, 6) is -0.708. The molecule has 5 unspecified atom stereocenters. The van der Waals surface area contributed by atoms with Crippen molar-refractivity contribution in [2.24, 2.45) is 11.7 Å². The van der Waals surface area contributed by atoms with Crippen LogP contribution in [0.1, 0.15) is 26.5 Å². The lowest BCUT2D eigenvalue weighted by atomic mass is 10.0. The molecule has 3 heterocycles. The monoisotopic (exact) mass is 459 g/mol. The van der Waals surface area contributed by atoms with Crippen molar-refractivity contribution in [3.05, 3.63) is 12.7 Å². The third-order valence-corrected chi connectivity index (χ3v) is 5.57. The summed E-state index contributed by atoms with van der Waals surface area (Å²) in [5.41, 5.74) is 11.9. The number of rotatable bonds is 8. The summed E-state index contributed by atoms with van der Waals surface area (Å²) >= 11 is 0. The molecule has 172 valence electrons. The number of nitrogen functional groups attached to an aromatic ring is 1. The predicted octanol–water partition coefficient (Wildman–Crippen LogP) is -2.22. The Morgan fingerprint density at radius 3 is 2.71 bits per heavy atom. The maximum atomic E-state index is 12.0. The van der Waals surface area contributed by atoms with Crippen LogP contribution < -0.4 is 16.2 Å². The zero-order valence-electron chi connectivity index (χ0n) is 16.8. The Morgan fingerprint density at radius 2 is 2.03 bits per heavy atom. The third kappa shape index (κ3) is 5.08. The Morgan fingerprint density at radius 1 is 1.32 bits per heavy atom. The molecule has 0 saturated carbocycles. The number of imidazole rings is 1. The number of hydrogen-bond donors (Lipinski definition) is 5. The fourth-order valence-electron chi connectivity index (χ4n) is 3.15. The molecule has 0 aromatic carbocycles. The number of hydrogen-bond acceptors (Lipinski definition) is 12. The summed E-state index contributed by atoms with van der Waals surface area (Å²) in [4.78, 5) is 23.8. The number of carbonyl (C=O) groups excluding carboxylic acids is 1. The lowest BCUT2D eigenvalue weighted by Gasteiger charge is -2.17. The van der Waals surface area contributed by atoms with Gasteiger partial charge in [0.2, 0.25) is 0 Å². The van der Waals surface area contributed by atoms with Crippen LogP contribution in [0.25, 0.3) is 11.2 Å². The predicted molar refractivity (Wildman–Crippen MR) is 106 cm³/mol. The summed E-state index contributed by atoms with van der Waals surface area (Å²) in [5, 5.41) is 20.6. The van der Waals surface area contributed by atoms with Gasteiger partial charge in [-0.05, 0) is 12.3 Å². The van der Waals surface area contributed by atoms with Gasteiger partial charge in [0.15, 0.2) is 17.7 Å². The molecule has 0 aliphatic carbocycles. The van der Waals surface area contributed by atoms with Crippen molar-refractivity contribution in [3.8, 4) is 0 Å². The highest BCUT2D eigenvalue weighted by molar-refractivity contribution is 7.85. The molecule has 0 bridgehead atoms. The van der Waals surface area contributed by atoms with Gasteiger partial charge in [0, 0.05) is 0 Å². The summed E-state index contributed by atoms with van der Waals surface area (Å²) < 4.78 is 37.5. The summed E-state index contributed by atoms with van der Waals surface area (Å²) in [7, 11) is -4.51. The molecule has 1 fully saturated rings. The van der Waals surface area contributed by atoms with Gasteiger partial charge in [-0.1, -0.05) is 13.8 Å². The molecular formula is C16H25N7O7S. The summed E-state index contributed by atoms with van der Waals surface area (Å²) in [6, 6.07) is -1.03.